The number of carboxylic acid groups (broad SMARTS) is 1. The first-order chi connectivity index (χ1) is 19.3. The Balaban J connectivity index is 0.00000484. The summed E-state index contributed by atoms with van der Waals surface area (Å²) in [5.74, 6) is 1.41. The SMILES string of the molecule is C=C1CCC(OC2OC(C(=O)[O-])C(O)C(O)C2O)CC1=CC=C1CCCC2(C)C1CCC2C(C)C=CC(C)C(C)C.[Na+]. The standard InChI is InChI=1S/C34H52O7.Na/c1-19(2)20(3)9-10-22(5)26-15-16-27-23(8-7-17-34(26,27)6)12-13-24-18-25(14-11-21(24)4)40-33-30(37)28(35)29(36)31(41-33)32(38)39;/h9-10,12-13,19-20,22,25-31,33,35-37H,4,7-8,11,14-18H2,1-3,5-6H3,(H,38,39);/q;+1/p-1. The Hall–Kier alpha value is -0.770. The first-order valence-electron chi connectivity index (χ1n) is 15.7. The molecule has 3 aliphatic carbocycles. The molecule has 1 aliphatic heterocycles. The van der Waals surface area contributed by atoms with E-state index in [0.29, 0.717) is 54.3 Å². The van der Waals surface area contributed by atoms with Crippen molar-refractivity contribution in [3.05, 3.63) is 47.6 Å². The minimum Gasteiger partial charge on any atom is -0.547 e. The molecule has 0 aromatic carbocycles. The Morgan fingerprint density at radius 1 is 1.05 bits per heavy atom. The van der Waals surface area contributed by atoms with Crippen molar-refractivity contribution in [1.82, 2.24) is 0 Å². The molecule has 0 spiro atoms. The number of aliphatic hydroxyl groups is 3. The van der Waals surface area contributed by atoms with Crippen molar-refractivity contribution in [3.63, 3.8) is 0 Å². The summed E-state index contributed by atoms with van der Waals surface area (Å²) in [5, 5.41) is 41.8. The monoisotopic (exact) mass is 594 g/mol. The van der Waals surface area contributed by atoms with Crippen molar-refractivity contribution in [2.45, 2.75) is 123 Å². The van der Waals surface area contributed by atoms with Crippen LogP contribution in [-0.4, -0.2) is 58.1 Å². The van der Waals surface area contributed by atoms with E-state index in [1.807, 2.05) is 0 Å². The third-order valence-electron chi connectivity index (χ3n) is 10.7. The van der Waals surface area contributed by atoms with Gasteiger partial charge in [0.1, 0.15) is 24.4 Å². The molecule has 0 aromatic heterocycles. The summed E-state index contributed by atoms with van der Waals surface area (Å²) in [7, 11) is 0. The first-order valence-corrected chi connectivity index (χ1v) is 15.7. The Labute approximate surface area is 274 Å². The van der Waals surface area contributed by atoms with Crippen LogP contribution in [0.4, 0.5) is 0 Å². The Bertz CT molecular complexity index is 1050. The van der Waals surface area contributed by atoms with Crippen LogP contribution in [0, 0.1) is 35.0 Å². The fourth-order valence-electron chi connectivity index (χ4n) is 7.69. The molecule has 230 valence electrons. The molecule has 4 aliphatic rings. The summed E-state index contributed by atoms with van der Waals surface area (Å²) < 4.78 is 11.2. The van der Waals surface area contributed by atoms with Crippen LogP contribution >= 0.6 is 0 Å². The fraction of sp³-hybridized carbons (Fsp3) is 0.735. The Morgan fingerprint density at radius 2 is 1.76 bits per heavy atom. The van der Waals surface area contributed by atoms with Gasteiger partial charge in [0.05, 0.1) is 12.1 Å². The average molecular weight is 595 g/mol. The summed E-state index contributed by atoms with van der Waals surface area (Å²) in [6.07, 6.45) is 8.79. The number of hydrogen-bond donors (Lipinski definition) is 3. The van der Waals surface area contributed by atoms with Gasteiger partial charge in [0, 0.05) is 0 Å². The number of rotatable bonds is 8. The number of fused-ring (bicyclic) bond motifs is 1. The predicted molar refractivity (Wildman–Crippen MR) is 156 cm³/mol. The maximum atomic E-state index is 11.4. The van der Waals surface area contributed by atoms with Gasteiger partial charge in [-0.1, -0.05) is 76.6 Å². The number of carboxylic acids is 1. The minimum absolute atomic E-state index is 0. The molecule has 11 unspecified atom stereocenters. The van der Waals surface area contributed by atoms with Gasteiger partial charge in [-0.15, -0.1) is 0 Å². The molecule has 8 heteroatoms. The predicted octanol–water partition coefficient (Wildman–Crippen LogP) is 1.23. The van der Waals surface area contributed by atoms with E-state index in [0.717, 1.165) is 17.6 Å². The van der Waals surface area contributed by atoms with Crippen LogP contribution in [0.1, 0.15) is 86.0 Å². The van der Waals surface area contributed by atoms with Crippen LogP contribution in [0.15, 0.2) is 47.6 Å². The molecule has 4 fully saturated rings. The summed E-state index contributed by atoms with van der Waals surface area (Å²) >= 11 is 0. The second-order valence-electron chi connectivity index (χ2n) is 13.7. The number of ether oxygens (including phenoxy) is 2. The molecule has 1 saturated heterocycles. The second kappa shape index (κ2) is 15.0. The third kappa shape index (κ3) is 7.71. The Morgan fingerprint density at radius 3 is 2.43 bits per heavy atom. The number of aliphatic hydroxyl groups excluding tert-OH is 3. The third-order valence-corrected chi connectivity index (χ3v) is 10.7. The van der Waals surface area contributed by atoms with E-state index >= 15 is 0 Å². The van der Waals surface area contributed by atoms with Gasteiger partial charge in [0.25, 0.3) is 0 Å². The van der Waals surface area contributed by atoms with E-state index in [9.17, 15) is 25.2 Å². The maximum absolute atomic E-state index is 11.4. The zero-order chi connectivity index (χ0) is 30.1. The van der Waals surface area contributed by atoms with E-state index < -0.39 is 36.7 Å². The zero-order valence-corrected chi connectivity index (χ0v) is 28.5. The summed E-state index contributed by atoms with van der Waals surface area (Å²) in [5.41, 5.74) is 3.96. The van der Waals surface area contributed by atoms with Gasteiger partial charge in [-0.05, 0) is 91.9 Å². The molecular formula is C34H51NaO7. The van der Waals surface area contributed by atoms with Gasteiger partial charge in [-0.2, -0.15) is 0 Å². The number of aliphatic carboxylic acids is 1. The fourth-order valence-corrected chi connectivity index (χ4v) is 7.69. The molecule has 42 heavy (non-hydrogen) atoms. The van der Waals surface area contributed by atoms with Gasteiger partial charge in [0.15, 0.2) is 6.29 Å². The van der Waals surface area contributed by atoms with Crippen LogP contribution in [0.5, 0.6) is 0 Å². The zero-order valence-electron chi connectivity index (χ0n) is 26.5. The maximum Gasteiger partial charge on any atom is 1.00 e. The number of allylic oxidation sites excluding steroid dienone is 6. The second-order valence-corrected chi connectivity index (χ2v) is 13.7. The molecule has 1 heterocycles. The van der Waals surface area contributed by atoms with Crippen molar-refractivity contribution in [3.8, 4) is 0 Å². The molecule has 7 nitrogen and oxygen atoms in total. The summed E-state index contributed by atoms with van der Waals surface area (Å²) in [6, 6.07) is 0. The van der Waals surface area contributed by atoms with Crippen LogP contribution in [-0.2, 0) is 14.3 Å². The number of hydrogen-bond acceptors (Lipinski definition) is 7. The van der Waals surface area contributed by atoms with E-state index in [-0.39, 0.29) is 35.7 Å². The van der Waals surface area contributed by atoms with Crippen LogP contribution in [0.25, 0.3) is 0 Å². The van der Waals surface area contributed by atoms with Gasteiger partial charge in [-0.25, -0.2) is 0 Å². The molecular weight excluding hydrogens is 543 g/mol. The van der Waals surface area contributed by atoms with E-state index in [2.05, 4.69) is 65.5 Å². The van der Waals surface area contributed by atoms with Crippen LogP contribution in [0.3, 0.4) is 0 Å². The average Bonchev–Trinajstić information content (AvgIpc) is 3.29. The van der Waals surface area contributed by atoms with Crippen molar-refractivity contribution in [2.24, 2.45) is 35.0 Å². The van der Waals surface area contributed by atoms with Crippen molar-refractivity contribution in [2.75, 3.05) is 0 Å². The molecule has 4 rings (SSSR count). The minimum atomic E-state index is -1.79. The van der Waals surface area contributed by atoms with Gasteiger partial charge in [0.2, 0.25) is 0 Å². The van der Waals surface area contributed by atoms with Gasteiger partial charge < -0.3 is 34.7 Å². The topological polar surface area (TPSA) is 119 Å². The number of carbonyl (C=O) groups is 1. The van der Waals surface area contributed by atoms with Crippen molar-refractivity contribution < 1.29 is 64.3 Å². The molecule has 0 radical (unpaired) electrons. The first kappa shape index (κ1) is 35.7. The quantitative estimate of drug-likeness (QED) is 0.286. The van der Waals surface area contributed by atoms with Gasteiger partial charge in [-0.3, -0.25) is 0 Å². The molecule has 3 saturated carbocycles. The number of carbonyl (C=O) groups excluding carboxylic acids is 1. The molecule has 0 aromatic rings. The molecule has 3 N–H and O–H groups in total. The summed E-state index contributed by atoms with van der Waals surface area (Å²) in [4.78, 5) is 11.4. The molecule has 0 amide bonds. The Kier molecular flexibility index (Phi) is 12.8. The van der Waals surface area contributed by atoms with E-state index in [1.54, 1.807) is 0 Å². The molecule has 11 atom stereocenters. The largest absolute Gasteiger partial charge is 1.00 e. The normalized spacial score (nSPS) is 40.7. The van der Waals surface area contributed by atoms with Crippen molar-refractivity contribution in [1.29, 1.82) is 0 Å². The van der Waals surface area contributed by atoms with Crippen molar-refractivity contribution >= 4 is 5.97 Å². The molecule has 0 bridgehead atoms. The summed E-state index contributed by atoms with van der Waals surface area (Å²) in [6.45, 7) is 16.1. The van der Waals surface area contributed by atoms with Gasteiger partial charge >= 0.3 is 29.6 Å². The smallest absolute Gasteiger partial charge is 0.547 e. The van der Waals surface area contributed by atoms with E-state index in [1.165, 1.54) is 31.3 Å². The van der Waals surface area contributed by atoms with Crippen LogP contribution < -0.4 is 34.7 Å². The van der Waals surface area contributed by atoms with E-state index in [4.69, 9.17) is 9.47 Å². The van der Waals surface area contributed by atoms with Crippen LogP contribution in [0.2, 0.25) is 0 Å².